The standard InChI is InChI=1S/C61H37N/c1-2-16-42-38(15-1)29-30-39-35-59(51-24-7-8-25-52(51)60(39)42)62(40-31-33-47-45-19-4-3-17-43(45)44-18-5-6-20-46(44)53(47)36-40)41-32-34-58-54(37-41)50-23-11-14-28-57(50)61(58)55-26-12-9-21-48(55)49-22-10-13-27-56(49)61/h1-37H. The van der Waals surface area contributed by atoms with E-state index in [4.69, 9.17) is 0 Å². The predicted molar refractivity (Wildman–Crippen MR) is 262 cm³/mol. The quantitative estimate of drug-likeness (QED) is 0.161. The highest BCUT2D eigenvalue weighted by Crippen LogP contribution is 2.63. The first-order chi connectivity index (χ1) is 30.8. The number of fused-ring (bicyclic) bond motifs is 21. The van der Waals surface area contributed by atoms with Crippen molar-refractivity contribution >= 4 is 81.7 Å². The first kappa shape index (κ1) is 33.8. The summed E-state index contributed by atoms with van der Waals surface area (Å²) < 4.78 is 0. The molecule has 12 aromatic carbocycles. The molecule has 0 atom stereocenters. The fourth-order valence-electron chi connectivity index (χ4n) is 11.7. The largest absolute Gasteiger partial charge is 0.310 e. The maximum atomic E-state index is 2.53. The van der Waals surface area contributed by atoms with Gasteiger partial charge in [-0.2, -0.15) is 0 Å². The van der Waals surface area contributed by atoms with Crippen LogP contribution in [0.15, 0.2) is 224 Å². The van der Waals surface area contributed by atoms with E-state index < -0.39 is 5.41 Å². The third kappa shape index (κ3) is 4.37. The molecule has 0 saturated carbocycles. The third-order valence-electron chi connectivity index (χ3n) is 14.2. The van der Waals surface area contributed by atoms with Crippen LogP contribution < -0.4 is 4.90 Å². The maximum Gasteiger partial charge on any atom is 0.0725 e. The normalized spacial score (nSPS) is 13.3. The second-order valence-corrected chi connectivity index (χ2v) is 17.1. The molecule has 1 nitrogen and oxygen atoms in total. The predicted octanol–water partition coefficient (Wildman–Crippen LogP) is 16.4. The third-order valence-corrected chi connectivity index (χ3v) is 14.2. The Balaban J connectivity index is 1.09. The molecule has 0 aliphatic heterocycles. The second-order valence-electron chi connectivity index (χ2n) is 17.1. The van der Waals surface area contributed by atoms with Crippen LogP contribution >= 0.6 is 0 Å². The van der Waals surface area contributed by atoms with Crippen LogP contribution in [0.5, 0.6) is 0 Å². The first-order valence-electron chi connectivity index (χ1n) is 21.7. The van der Waals surface area contributed by atoms with E-state index in [2.05, 4.69) is 229 Å². The minimum atomic E-state index is -0.401. The van der Waals surface area contributed by atoms with Crippen molar-refractivity contribution in [1.29, 1.82) is 0 Å². The summed E-state index contributed by atoms with van der Waals surface area (Å²) >= 11 is 0. The molecule has 286 valence electrons. The van der Waals surface area contributed by atoms with Crippen LogP contribution in [0, 0.1) is 0 Å². The van der Waals surface area contributed by atoms with Gasteiger partial charge in [0.25, 0.3) is 0 Å². The summed E-state index contributed by atoms with van der Waals surface area (Å²) in [4.78, 5) is 2.53. The fraction of sp³-hybridized carbons (Fsp3) is 0.0164. The summed E-state index contributed by atoms with van der Waals surface area (Å²) in [6, 6.07) is 84.3. The van der Waals surface area contributed by atoms with Crippen molar-refractivity contribution in [2.45, 2.75) is 5.41 Å². The van der Waals surface area contributed by atoms with Crippen molar-refractivity contribution in [3.05, 3.63) is 247 Å². The van der Waals surface area contributed by atoms with Gasteiger partial charge in [0.1, 0.15) is 0 Å². The first-order valence-corrected chi connectivity index (χ1v) is 21.7. The molecule has 0 bridgehead atoms. The van der Waals surface area contributed by atoms with Crippen LogP contribution in [0.1, 0.15) is 22.3 Å². The van der Waals surface area contributed by atoms with Crippen molar-refractivity contribution in [3.8, 4) is 22.3 Å². The van der Waals surface area contributed by atoms with Gasteiger partial charge in [-0.3, -0.25) is 0 Å². The van der Waals surface area contributed by atoms with Crippen molar-refractivity contribution in [3.63, 3.8) is 0 Å². The van der Waals surface area contributed by atoms with Crippen LogP contribution in [-0.2, 0) is 5.41 Å². The van der Waals surface area contributed by atoms with E-state index in [1.807, 2.05) is 0 Å². The SMILES string of the molecule is c1ccc2c(c1)-c1ccccc1C21c2ccccc2-c2cc(N(c3ccc4c5ccccc5c5ccccc5c4c3)c3cc4ccc5ccccc5c4c4ccccc34)ccc21. The topological polar surface area (TPSA) is 3.24 Å². The average molecular weight is 784 g/mol. The molecule has 0 amide bonds. The van der Waals surface area contributed by atoms with Crippen LogP contribution in [0.2, 0.25) is 0 Å². The Morgan fingerprint density at radius 3 is 1.34 bits per heavy atom. The highest BCUT2D eigenvalue weighted by atomic mass is 15.1. The van der Waals surface area contributed by atoms with Gasteiger partial charge in [-0.1, -0.05) is 194 Å². The lowest BCUT2D eigenvalue weighted by Gasteiger charge is -2.31. The van der Waals surface area contributed by atoms with Crippen LogP contribution in [0.4, 0.5) is 17.1 Å². The number of benzene rings is 12. The lowest BCUT2D eigenvalue weighted by atomic mass is 9.70. The summed E-state index contributed by atoms with van der Waals surface area (Å²) in [5.41, 5.74) is 13.6. The van der Waals surface area contributed by atoms with Crippen molar-refractivity contribution in [2.75, 3.05) is 4.90 Å². The molecule has 0 aromatic heterocycles. The van der Waals surface area contributed by atoms with Crippen molar-refractivity contribution in [2.24, 2.45) is 0 Å². The van der Waals surface area contributed by atoms with Gasteiger partial charge in [0.2, 0.25) is 0 Å². The van der Waals surface area contributed by atoms with Gasteiger partial charge < -0.3 is 4.90 Å². The van der Waals surface area contributed by atoms with Gasteiger partial charge in [0.05, 0.1) is 11.1 Å². The smallest absolute Gasteiger partial charge is 0.0725 e. The van der Waals surface area contributed by atoms with E-state index in [9.17, 15) is 0 Å². The molecular formula is C61H37N. The molecule has 62 heavy (non-hydrogen) atoms. The van der Waals surface area contributed by atoms with Crippen LogP contribution in [0.3, 0.4) is 0 Å². The van der Waals surface area contributed by atoms with Gasteiger partial charge in [-0.15, -0.1) is 0 Å². The summed E-state index contributed by atoms with van der Waals surface area (Å²) in [7, 11) is 0. The zero-order valence-electron chi connectivity index (χ0n) is 33.8. The van der Waals surface area contributed by atoms with E-state index >= 15 is 0 Å². The number of anilines is 3. The zero-order chi connectivity index (χ0) is 40.5. The Morgan fingerprint density at radius 2 is 0.694 bits per heavy atom. The highest BCUT2D eigenvalue weighted by molar-refractivity contribution is 6.27. The molecule has 2 aliphatic carbocycles. The number of hydrogen-bond donors (Lipinski definition) is 0. The van der Waals surface area contributed by atoms with Gasteiger partial charge in [-0.05, 0) is 134 Å². The second kappa shape index (κ2) is 12.5. The summed E-state index contributed by atoms with van der Waals surface area (Å²) in [6.07, 6.45) is 0. The van der Waals surface area contributed by atoms with Crippen LogP contribution in [0.25, 0.3) is 86.9 Å². The molecular weight excluding hydrogens is 747 g/mol. The molecule has 0 fully saturated rings. The molecule has 0 radical (unpaired) electrons. The monoisotopic (exact) mass is 783 g/mol. The van der Waals surface area contributed by atoms with Gasteiger partial charge in [-0.25, -0.2) is 0 Å². The number of rotatable bonds is 3. The molecule has 0 unspecified atom stereocenters. The van der Waals surface area contributed by atoms with E-state index in [1.165, 1.54) is 109 Å². The Morgan fingerprint density at radius 1 is 0.258 bits per heavy atom. The number of nitrogens with zero attached hydrogens (tertiary/aromatic N) is 1. The molecule has 2 aliphatic rings. The Kier molecular flexibility index (Phi) is 6.82. The van der Waals surface area contributed by atoms with Gasteiger partial charge >= 0.3 is 0 Å². The van der Waals surface area contributed by atoms with Gasteiger partial charge in [0.15, 0.2) is 0 Å². The van der Waals surface area contributed by atoms with Crippen LogP contribution in [-0.4, -0.2) is 0 Å². The highest BCUT2D eigenvalue weighted by Gasteiger charge is 2.51. The van der Waals surface area contributed by atoms with Crippen molar-refractivity contribution < 1.29 is 0 Å². The molecule has 0 N–H and O–H groups in total. The maximum absolute atomic E-state index is 2.53. The lowest BCUT2D eigenvalue weighted by Crippen LogP contribution is -2.25. The minimum Gasteiger partial charge on any atom is -0.310 e. The average Bonchev–Trinajstić information content (AvgIpc) is 3.81. The molecule has 14 rings (SSSR count). The molecule has 12 aromatic rings. The van der Waals surface area contributed by atoms with E-state index in [-0.39, 0.29) is 0 Å². The Labute approximate surface area is 359 Å². The van der Waals surface area contributed by atoms with Gasteiger partial charge in [0, 0.05) is 16.8 Å². The number of hydrogen-bond acceptors (Lipinski definition) is 1. The van der Waals surface area contributed by atoms with E-state index in [0.717, 1.165) is 17.1 Å². The Bertz CT molecular complexity index is 3810. The summed E-state index contributed by atoms with van der Waals surface area (Å²) in [5, 5.41) is 15.1. The summed E-state index contributed by atoms with van der Waals surface area (Å²) in [5.74, 6) is 0. The Hall–Kier alpha value is -8.00. The van der Waals surface area contributed by atoms with E-state index in [0.29, 0.717) is 0 Å². The fourth-order valence-corrected chi connectivity index (χ4v) is 11.7. The van der Waals surface area contributed by atoms with Crippen molar-refractivity contribution in [1.82, 2.24) is 0 Å². The molecule has 0 saturated heterocycles. The minimum absolute atomic E-state index is 0.401. The molecule has 1 spiro atoms. The molecule has 0 heterocycles. The summed E-state index contributed by atoms with van der Waals surface area (Å²) in [6.45, 7) is 0. The molecule has 1 heteroatoms. The zero-order valence-corrected chi connectivity index (χ0v) is 33.8. The van der Waals surface area contributed by atoms with E-state index in [1.54, 1.807) is 0 Å². The lowest BCUT2D eigenvalue weighted by molar-refractivity contribution is 0.794.